The van der Waals surface area contributed by atoms with E-state index in [4.69, 9.17) is 0 Å². The van der Waals surface area contributed by atoms with Crippen molar-refractivity contribution >= 4 is 45.2 Å². The van der Waals surface area contributed by atoms with Crippen molar-refractivity contribution in [2.24, 2.45) is 0 Å². The summed E-state index contributed by atoms with van der Waals surface area (Å²) in [5.74, 6) is 0. The summed E-state index contributed by atoms with van der Waals surface area (Å²) in [6.07, 6.45) is 2.72. The van der Waals surface area contributed by atoms with Crippen LogP contribution in [0.5, 0.6) is 0 Å². The van der Waals surface area contributed by atoms with E-state index in [9.17, 15) is 0 Å². The summed E-state index contributed by atoms with van der Waals surface area (Å²) >= 11 is 4.90. The third-order valence-corrected chi connectivity index (χ3v) is 2.65. The molecule has 0 heterocycles. The Kier molecular flexibility index (Phi) is 2.01. The van der Waals surface area contributed by atoms with Crippen molar-refractivity contribution in [1.82, 2.24) is 0 Å². The highest BCUT2D eigenvalue weighted by Gasteiger charge is 2.23. The summed E-state index contributed by atoms with van der Waals surface area (Å²) in [5, 5.41) is 0. The van der Waals surface area contributed by atoms with E-state index in [1.807, 2.05) is 0 Å². The first-order valence-electron chi connectivity index (χ1n) is 1.93. The van der Waals surface area contributed by atoms with E-state index in [-0.39, 0.29) is 0 Å². The maximum Gasteiger partial charge on any atom is 0.0388 e. The fraction of sp³-hybridized carbons (Fsp3) is 0.750. The molecule has 0 amide bonds. The van der Waals surface area contributed by atoms with Gasteiger partial charge in [0.25, 0.3) is 0 Å². The molecule has 0 bridgehead atoms. The number of rotatable bonds is 0. The molecular formula is C4H5I2. The molecule has 0 spiro atoms. The maximum absolute atomic E-state index is 2.48. The molecular weight excluding hydrogens is 302 g/mol. The molecule has 0 aliphatic heterocycles. The van der Waals surface area contributed by atoms with Gasteiger partial charge in [0.05, 0.1) is 0 Å². The van der Waals surface area contributed by atoms with Gasteiger partial charge in [-0.15, -0.1) is 0 Å². The van der Waals surface area contributed by atoms with Crippen molar-refractivity contribution in [3.63, 3.8) is 0 Å². The van der Waals surface area contributed by atoms with Crippen LogP contribution in [0.15, 0.2) is 0 Å². The lowest BCUT2D eigenvalue weighted by atomic mass is 10.0. The predicted molar refractivity (Wildman–Crippen MR) is 44.3 cm³/mol. The molecule has 1 aliphatic carbocycles. The van der Waals surface area contributed by atoms with Crippen molar-refractivity contribution in [3.05, 3.63) is 3.92 Å². The zero-order chi connectivity index (χ0) is 4.57. The summed E-state index contributed by atoms with van der Waals surface area (Å²) in [4.78, 5) is 0. The third kappa shape index (κ3) is 1.21. The van der Waals surface area contributed by atoms with E-state index < -0.39 is 0 Å². The second kappa shape index (κ2) is 2.15. The smallest absolute Gasteiger partial charge is 0.0388 e. The second-order valence-electron chi connectivity index (χ2n) is 1.52. The van der Waals surface area contributed by atoms with Crippen LogP contribution in [-0.4, -0.2) is 3.92 Å². The van der Waals surface area contributed by atoms with E-state index in [1.54, 1.807) is 3.92 Å². The van der Waals surface area contributed by atoms with Crippen LogP contribution >= 0.6 is 45.2 Å². The minimum atomic E-state index is 0.967. The highest BCUT2D eigenvalue weighted by molar-refractivity contribution is 14.1. The van der Waals surface area contributed by atoms with Gasteiger partial charge in [0.2, 0.25) is 0 Å². The van der Waals surface area contributed by atoms with Gasteiger partial charge < -0.3 is 0 Å². The molecule has 1 radical (unpaired) electrons. The van der Waals surface area contributed by atoms with Gasteiger partial charge in [-0.05, 0) is 12.8 Å². The molecule has 0 aromatic heterocycles. The number of alkyl halides is 1. The van der Waals surface area contributed by atoms with E-state index in [0.717, 1.165) is 3.92 Å². The average Bonchev–Trinajstić information content (AvgIpc) is 1.33. The van der Waals surface area contributed by atoms with Crippen molar-refractivity contribution in [2.45, 2.75) is 16.8 Å². The van der Waals surface area contributed by atoms with Crippen LogP contribution in [0.25, 0.3) is 0 Å². The van der Waals surface area contributed by atoms with E-state index >= 15 is 0 Å². The monoisotopic (exact) mass is 307 g/mol. The Morgan fingerprint density at radius 3 is 2.00 bits per heavy atom. The van der Waals surface area contributed by atoms with Crippen LogP contribution in [0.3, 0.4) is 0 Å². The second-order valence-corrected chi connectivity index (χ2v) is 4.81. The fourth-order valence-electron chi connectivity index (χ4n) is 0.421. The molecule has 0 saturated heterocycles. The Morgan fingerprint density at radius 1 is 1.50 bits per heavy atom. The molecule has 0 aromatic rings. The van der Waals surface area contributed by atoms with Gasteiger partial charge in [0, 0.05) is 7.85 Å². The number of halogens is 2. The van der Waals surface area contributed by atoms with Gasteiger partial charge in [-0.3, -0.25) is 0 Å². The van der Waals surface area contributed by atoms with Crippen molar-refractivity contribution in [2.75, 3.05) is 0 Å². The molecule has 2 heteroatoms. The Labute approximate surface area is 65.4 Å². The molecule has 0 unspecified atom stereocenters. The highest BCUT2D eigenvalue weighted by atomic mass is 127. The van der Waals surface area contributed by atoms with E-state index in [0.29, 0.717) is 0 Å². The van der Waals surface area contributed by atoms with Crippen molar-refractivity contribution in [1.29, 1.82) is 0 Å². The molecule has 0 atom stereocenters. The van der Waals surface area contributed by atoms with E-state index in [1.165, 1.54) is 12.8 Å². The zero-order valence-electron chi connectivity index (χ0n) is 3.25. The Bertz CT molecular complexity index is 41.5. The fourth-order valence-corrected chi connectivity index (χ4v) is 4.23. The summed E-state index contributed by atoms with van der Waals surface area (Å²) in [7, 11) is 0. The summed E-state index contributed by atoms with van der Waals surface area (Å²) in [6, 6.07) is 0. The van der Waals surface area contributed by atoms with Crippen LogP contribution in [0.1, 0.15) is 12.8 Å². The minimum Gasteiger partial charge on any atom is -0.0825 e. The molecule has 1 fully saturated rings. The molecule has 6 heavy (non-hydrogen) atoms. The topological polar surface area (TPSA) is 0 Å². The molecule has 0 aromatic carbocycles. The molecule has 1 rings (SSSR count). The molecule has 0 nitrogen and oxygen atoms in total. The van der Waals surface area contributed by atoms with Gasteiger partial charge in [-0.25, -0.2) is 0 Å². The summed E-state index contributed by atoms with van der Waals surface area (Å²) in [6.45, 7) is 0. The Balaban J connectivity index is 2.11. The SMILES string of the molecule is I[C]1CC(I)C1. The van der Waals surface area contributed by atoms with Gasteiger partial charge in [-0.1, -0.05) is 45.2 Å². The third-order valence-electron chi connectivity index (χ3n) is 0.886. The normalized spacial score (nSPS) is 27.0. The largest absolute Gasteiger partial charge is 0.0825 e. The van der Waals surface area contributed by atoms with Crippen LogP contribution in [0.2, 0.25) is 0 Å². The molecule has 1 aliphatic rings. The lowest BCUT2D eigenvalue weighted by Crippen LogP contribution is -2.15. The van der Waals surface area contributed by atoms with Gasteiger partial charge in [0.1, 0.15) is 0 Å². The number of hydrogen-bond acceptors (Lipinski definition) is 0. The standard InChI is InChI=1S/C4H5I2/c5-3-1-4(6)2-3/h3H,1-2H2. The average molecular weight is 307 g/mol. The van der Waals surface area contributed by atoms with Gasteiger partial charge in [-0.2, -0.15) is 0 Å². The summed E-state index contributed by atoms with van der Waals surface area (Å²) in [5.41, 5.74) is 0. The van der Waals surface area contributed by atoms with Crippen LogP contribution in [-0.2, 0) is 0 Å². The molecule has 35 valence electrons. The summed E-state index contributed by atoms with van der Waals surface area (Å²) < 4.78 is 2.61. The van der Waals surface area contributed by atoms with Crippen LogP contribution in [0.4, 0.5) is 0 Å². The first-order valence-corrected chi connectivity index (χ1v) is 4.26. The molecule has 0 N–H and O–H groups in total. The number of hydrogen-bond donors (Lipinski definition) is 0. The Morgan fingerprint density at radius 2 is 2.00 bits per heavy atom. The highest BCUT2D eigenvalue weighted by Crippen LogP contribution is 2.40. The minimum absolute atomic E-state index is 0.967. The lowest BCUT2D eigenvalue weighted by Gasteiger charge is -2.24. The van der Waals surface area contributed by atoms with Crippen molar-refractivity contribution in [3.8, 4) is 0 Å². The van der Waals surface area contributed by atoms with Crippen LogP contribution in [0, 0.1) is 3.92 Å². The first-order chi connectivity index (χ1) is 2.79. The van der Waals surface area contributed by atoms with E-state index in [2.05, 4.69) is 45.2 Å². The van der Waals surface area contributed by atoms with Crippen LogP contribution < -0.4 is 0 Å². The van der Waals surface area contributed by atoms with Gasteiger partial charge in [0.15, 0.2) is 0 Å². The van der Waals surface area contributed by atoms with Crippen molar-refractivity contribution < 1.29 is 0 Å². The Hall–Kier alpha value is 1.46. The molecule has 1 saturated carbocycles. The quantitative estimate of drug-likeness (QED) is 0.477. The zero-order valence-corrected chi connectivity index (χ0v) is 7.56. The predicted octanol–water partition coefficient (Wildman–Crippen LogP) is 2.55. The first kappa shape index (κ1) is 5.59. The lowest BCUT2D eigenvalue weighted by molar-refractivity contribution is 0.685. The van der Waals surface area contributed by atoms with Gasteiger partial charge >= 0.3 is 0 Å². The maximum atomic E-state index is 2.48.